The molecule has 0 amide bonds. The Balaban J connectivity index is 1.57. The normalized spacial score (nSPS) is 20.5. The molecule has 0 unspecified atom stereocenters. The summed E-state index contributed by atoms with van der Waals surface area (Å²) in [7, 11) is 1.69. The van der Waals surface area contributed by atoms with Crippen LogP contribution in [0.3, 0.4) is 0 Å². The third kappa shape index (κ3) is 2.70. The Morgan fingerprint density at radius 2 is 1.93 bits per heavy atom. The molecule has 0 bridgehead atoms. The molecule has 0 N–H and O–H groups in total. The predicted octanol–water partition coefficient (Wildman–Crippen LogP) is 5.31. The van der Waals surface area contributed by atoms with Crippen LogP contribution in [0.15, 0.2) is 65.1 Å². The number of para-hydroxylation sites is 1. The first-order valence-corrected chi connectivity index (χ1v) is 9.92. The minimum atomic E-state index is -0.180. The molecule has 2 atom stereocenters. The van der Waals surface area contributed by atoms with E-state index in [1.807, 2.05) is 18.2 Å². The van der Waals surface area contributed by atoms with Crippen molar-refractivity contribution in [3.8, 4) is 11.5 Å². The van der Waals surface area contributed by atoms with E-state index in [0.717, 1.165) is 29.2 Å². The van der Waals surface area contributed by atoms with Crippen molar-refractivity contribution in [2.45, 2.75) is 25.6 Å². The quantitative estimate of drug-likeness (QED) is 0.621. The van der Waals surface area contributed by atoms with Crippen LogP contribution in [0.2, 0.25) is 0 Å². The van der Waals surface area contributed by atoms with E-state index >= 15 is 0 Å². The third-order valence-corrected chi connectivity index (χ3v) is 6.30. The molecule has 3 heterocycles. The van der Waals surface area contributed by atoms with Crippen molar-refractivity contribution in [2.75, 3.05) is 7.11 Å². The summed E-state index contributed by atoms with van der Waals surface area (Å²) in [5, 5.41) is 9.26. The highest BCUT2D eigenvalue weighted by Crippen LogP contribution is 2.48. The van der Waals surface area contributed by atoms with Gasteiger partial charge in [0, 0.05) is 12.0 Å². The van der Waals surface area contributed by atoms with Crippen LogP contribution >= 0.6 is 11.3 Å². The zero-order valence-corrected chi connectivity index (χ0v) is 16.1. The Morgan fingerprint density at radius 1 is 1.11 bits per heavy atom. The second-order valence-corrected chi connectivity index (χ2v) is 7.80. The number of thiophene rings is 1. The van der Waals surface area contributed by atoms with Crippen LogP contribution in [0.5, 0.6) is 11.5 Å². The van der Waals surface area contributed by atoms with Crippen molar-refractivity contribution in [1.82, 2.24) is 5.01 Å². The van der Waals surface area contributed by atoms with Crippen molar-refractivity contribution in [3.63, 3.8) is 0 Å². The van der Waals surface area contributed by atoms with Crippen molar-refractivity contribution < 1.29 is 9.47 Å². The van der Waals surface area contributed by atoms with E-state index in [0.29, 0.717) is 0 Å². The van der Waals surface area contributed by atoms with Gasteiger partial charge in [-0.05, 0) is 59.8 Å². The van der Waals surface area contributed by atoms with Gasteiger partial charge >= 0.3 is 0 Å². The summed E-state index contributed by atoms with van der Waals surface area (Å²) >= 11 is 1.73. The lowest BCUT2D eigenvalue weighted by atomic mass is 9.96. The first kappa shape index (κ1) is 16.4. The molecule has 2 aliphatic heterocycles. The number of benzene rings is 2. The molecule has 5 heteroatoms. The van der Waals surface area contributed by atoms with E-state index in [9.17, 15) is 0 Å². The zero-order valence-electron chi connectivity index (χ0n) is 15.3. The Morgan fingerprint density at radius 3 is 2.67 bits per heavy atom. The maximum absolute atomic E-state index is 6.40. The second-order valence-electron chi connectivity index (χ2n) is 6.85. The summed E-state index contributed by atoms with van der Waals surface area (Å²) in [6.07, 6.45) is 0.689. The first-order valence-electron chi connectivity index (χ1n) is 9.04. The highest BCUT2D eigenvalue weighted by Gasteiger charge is 2.41. The van der Waals surface area contributed by atoms with Crippen LogP contribution in [0, 0.1) is 6.92 Å². The summed E-state index contributed by atoms with van der Waals surface area (Å²) in [5.74, 6) is 1.82. The van der Waals surface area contributed by atoms with E-state index in [1.54, 1.807) is 18.4 Å². The number of hydrogen-bond acceptors (Lipinski definition) is 5. The Labute approximate surface area is 162 Å². The van der Waals surface area contributed by atoms with Crippen LogP contribution in [0.4, 0.5) is 0 Å². The number of hydrogen-bond donors (Lipinski definition) is 0. The summed E-state index contributed by atoms with van der Waals surface area (Å²) in [6, 6.07) is 18.8. The fourth-order valence-electron chi connectivity index (χ4n) is 3.80. The molecule has 3 aromatic rings. The first-order chi connectivity index (χ1) is 13.2. The van der Waals surface area contributed by atoms with Gasteiger partial charge in [-0.3, -0.25) is 0 Å². The van der Waals surface area contributed by atoms with Gasteiger partial charge in [-0.15, -0.1) is 11.3 Å². The molecule has 2 aromatic carbocycles. The molecule has 0 spiro atoms. The Bertz CT molecular complexity index is 1010. The van der Waals surface area contributed by atoms with Crippen LogP contribution in [-0.2, 0) is 0 Å². The van der Waals surface area contributed by atoms with E-state index in [1.165, 1.54) is 16.0 Å². The minimum Gasteiger partial charge on any atom is -0.497 e. The molecule has 4 nitrogen and oxygen atoms in total. The monoisotopic (exact) mass is 376 g/mol. The van der Waals surface area contributed by atoms with Crippen molar-refractivity contribution in [2.24, 2.45) is 5.10 Å². The van der Waals surface area contributed by atoms with Gasteiger partial charge in [0.1, 0.15) is 11.5 Å². The van der Waals surface area contributed by atoms with Gasteiger partial charge in [-0.1, -0.05) is 18.2 Å². The standard InChI is InChI=1S/C22H20N2O2S/c1-14-11-12-27-21(14)22-24-19(17-5-3-4-6-20(17)26-22)13-18(23-24)15-7-9-16(25-2)10-8-15/h3-12,19,22H,13H2,1-2H3/t19-,22-/m1/s1. The van der Waals surface area contributed by atoms with Gasteiger partial charge in [-0.25, -0.2) is 5.01 Å². The maximum Gasteiger partial charge on any atom is 0.223 e. The van der Waals surface area contributed by atoms with Crippen molar-refractivity contribution in [1.29, 1.82) is 0 Å². The number of ether oxygens (including phenoxy) is 2. The van der Waals surface area contributed by atoms with E-state index in [-0.39, 0.29) is 12.3 Å². The fraction of sp³-hybridized carbons (Fsp3) is 0.227. The number of fused-ring (bicyclic) bond motifs is 3. The molecule has 0 saturated carbocycles. The fourth-order valence-corrected chi connectivity index (χ4v) is 4.75. The van der Waals surface area contributed by atoms with Gasteiger partial charge in [0.25, 0.3) is 0 Å². The minimum absolute atomic E-state index is 0.180. The topological polar surface area (TPSA) is 34.1 Å². The highest BCUT2D eigenvalue weighted by atomic mass is 32.1. The lowest BCUT2D eigenvalue weighted by molar-refractivity contribution is -0.0169. The summed E-state index contributed by atoms with van der Waals surface area (Å²) in [6.45, 7) is 2.13. The third-order valence-electron chi connectivity index (χ3n) is 5.25. The zero-order chi connectivity index (χ0) is 18.4. The van der Waals surface area contributed by atoms with Crippen molar-refractivity contribution >= 4 is 17.0 Å². The molecule has 2 aliphatic rings. The highest BCUT2D eigenvalue weighted by molar-refractivity contribution is 7.10. The van der Waals surface area contributed by atoms with Gasteiger partial charge in [0.15, 0.2) is 0 Å². The predicted molar refractivity (Wildman–Crippen MR) is 108 cm³/mol. The molecular weight excluding hydrogens is 356 g/mol. The molecule has 1 aromatic heterocycles. The van der Waals surface area contributed by atoms with Gasteiger partial charge in [0.2, 0.25) is 6.23 Å². The number of nitrogens with zero attached hydrogens (tertiary/aromatic N) is 2. The van der Waals surface area contributed by atoms with Crippen LogP contribution in [0.1, 0.15) is 40.3 Å². The number of aryl methyl sites for hydroxylation is 1. The van der Waals surface area contributed by atoms with Gasteiger partial charge in [0.05, 0.1) is 23.7 Å². The number of rotatable bonds is 3. The van der Waals surface area contributed by atoms with E-state index < -0.39 is 0 Å². The molecule has 0 saturated heterocycles. The average Bonchev–Trinajstić information content (AvgIpc) is 3.34. The molecule has 0 aliphatic carbocycles. The Hall–Kier alpha value is -2.79. The largest absolute Gasteiger partial charge is 0.497 e. The number of hydrazone groups is 1. The van der Waals surface area contributed by atoms with Crippen LogP contribution < -0.4 is 9.47 Å². The molecule has 0 fully saturated rings. The maximum atomic E-state index is 6.40. The smallest absolute Gasteiger partial charge is 0.223 e. The van der Waals surface area contributed by atoms with E-state index in [2.05, 4.69) is 53.7 Å². The molecule has 5 rings (SSSR count). The molecular formula is C22H20N2O2S. The van der Waals surface area contributed by atoms with Crippen LogP contribution in [-0.4, -0.2) is 17.8 Å². The van der Waals surface area contributed by atoms with Gasteiger partial charge in [-0.2, -0.15) is 5.10 Å². The second kappa shape index (κ2) is 6.43. The molecule has 27 heavy (non-hydrogen) atoms. The summed E-state index contributed by atoms with van der Waals surface area (Å²) < 4.78 is 11.7. The van der Waals surface area contributed by atoms with Crippen LogP contribution in [0.25, 0.3) is 0 Å². The van der Waals surface area contributed by atoms with Crippen molar-refractivity contribution in [3.05, 3.63) is 81.5 Å². The van der Waals surface area contributed by atoms with E-state index in [4.69, 9.17) is 14.6 Å². The van der Waals surface area contributed by atoms with Gasteiger partial charge < -0.3 is 9.47 Å². The SMILES string of the molecule is COc1ccc(C2=NN3[C@H](C2)c2ccccc2O[C@@H]3c2sccc2C)cc1. The average molecular weight is 376 g/mol. The lowest BCUT2D eigenvalue weighted by Crippen LogP contribution is -2.33. The summed E-state index contributed by atoms with van der Waals surface area (Å²) in [4.78, 5) is 1.22. The lowest BCUT2D eigenvalue weighted by Gasteiger charge is -2.37. The summed E-state index contributed by atoms with van der Waals surface area (Å²) in [5.41, 5.74) is 4.66. The molecule has 0 radical (unpaired) electrons. The molecule has 136 valence electrons. The number of methoxy groups -OCH3 is 1. The Kier molecular flexibility index (Phi) is 3.90.